The first-order chi connectivity index (χ1) is 9.65. The second-order valence-electron chi connectivity index (χ2n) is 4.28. The van der Waals surface area contributed by atoms with Crippen LogP contribution in [0.3, 0.4) is 0 Å². The quantitative estimate of drug-likeness (QED) is 0.795. The molecule has 0 fully saturated rings. The van der Waals surface area contributed by atoms with E-state index >= 15 is 0 Å². The van der Waals surface area contributed by atoms with Crippen LogP contribution < -0.4 is 5.73 Å². The highest BCUT2D eigenvalue weighted by Gasteiger charge is 2.16. The molecule has 0 aliphatic rings. The van der Waals surface area contributed by atoms with Crippen molar-refractivity contribution < 1.29 is 4.52 Å². The van der Waals surface area contributed by atoms with E-state index in [1.807, 2.05) is 19.2 Å². The number of nitrogens with zero attached hydrogens (tertiary/aromatic N) is 4. The van der Waals surface area contributed by atoms with Crippen molar-refractivity contribution in [3.8, 4) is 10.8 Å². The third-order valence-corrected chi connectivity index (χ3v) is 4.67. The van der Waals surface area contributed by atoms with Crippen LogP contribution in [0, 0.1) is 13.8 Å². The summed E-state index contributed by atoms with van der Waals surface area (Å²) in [7, 11) is 0. The first kappa shape index (κ1) is 13.3. The van der Waals surface area contributed by atoms with Gasteiger partial charge in [-0.1, -0.05) is 5.16 Å². The third kappa shape index (κ3) is 2.62. The summed E-state index contributed by atoms with van der Waals surface area (Å²) in [5.74, 6) is 1.13. The van der Waals surface area contributed by atoms with E-state index in [1.165, 1.54) is 11.3 Å². The van der Waals surface area contributed by atoms with E-state index in [-0.39, 0.29) is 0 Å². The lowest BCUT2D eigenvalue weighted by atomic mass is 10.3. The highest BCUT2D eigenvalue weighted by atomic mass is 32.1. The van der Waals surface area contributed by atoms with Crippen molar-refractivity contribution in [2.75, 3.05) is 0 Å². The van der Waals surface area contributed by atoms with Crippen LogP contribution >= 0.6 is 22.7 Å². The molecule has 0 amide bonds. The third-order valence-electron chi connectivity index (χ3n) is 2.68. The standard InChI is InChI=1S/C12H13N5OS2/c1-6-11(20-10(4-13)14-6)12-16-9(17-18-12)3-8-5-19-7(2)15-8/h5H,3-4,13H2,1-2H3. The van der Waals surface area contributed by atoms with Crippen LogP contribution in [0.1, 0.15) is 27.2 Å². The first-order valence-electron chi connectivity index (χ1n) is 6.06. The van der Waals surface area contributed by atoms with Crippen LogP contribution in [-0.2, 0) is 13.0 Å². The zero-order valence-corrected chi connectivity index (χ0v) is 12.7. The van der Waals surface area contributed by atoms with Crippen molar-refractivity contribution in [1.82, 2.24) is 20.1 Å². The molecular weight excluding hydrogens is 294 g/mol. The van der Waals surface area contributed by atoms with Gasteiger partial charge in [-0.15, -0.1) is 22.7 Å². The molecule has 0 atom stereocenters. The highest BCUT2D eigenvalue weighted by molar-refractivity contribution is 7.15. The average molecular weight is 307 g/mol. The first-order valence-corrected chi connectivity index (χ1v) is 7.75. The fourth-order valence-electron chi connectivity index (χ4n) is 1.81. The Morgan fingerprint density at radius 1 is 1.25 bits per heavy atom. The van der Waals surface area contributed by atoms with Crippen LogP contribution in [0.5, 0.6) is 0 Å². The molecule has 104 valence electrons. The lowest BCUT2D eigenvalue weighted by Gasteiger charge is -1.88. The molecule has 0 bridgehead atoms. The average Bonchev–Trinajstić information content (AvgIpc) is 3.11. The van der Waals surface area contributed by atoms with E-state index in [9.17, 15) is 0 Å². The monoisotopic (exact) mass is 307 g/mol. The Kier molecular flexibility index (Phi) is 3.60. The molecular formula is C12H13N5OS2. The van der Waals surface area contributed by atoms with E-state index in [0.717, 1.165) is 26.3 Å². The summed E-state index contributed by atoms with van der Waals surface area (Å²) in [6, 6.07) is 0. The van der Waals surface area contributed by atoms with E-state index in [4.69, 9.17) is 10.3 Å². The van der Waals surface area contributed by atoms with Crippen molar-refractivity contribution in [2.45, 2.75) is 26.8 Å². The molecule has 0 aliphatic heterocycles. The maximum Gasteiger partial charge on any atom is 0.269 e. The van der Waals surface area contributed by atoms with Crippen LogP contribution in [0.4, 0.5) is 0 Å². The SMILES string of the molecule is Cc1nc(Cc2noc(-c3sc(CN)nc3C)n2)cs1. The Bertz CT molecular complexity index is 730. The molecule has 0 unspecified atom stereocenters. The number of thiazole rings is 2. The maximum absolute atomic E-state index is 5.59. The van der Waals surface area contributed by atoms with Crippen LogP contribution in [0.2, 0.25) is 0 Å². The molecule has 3 aromatic rings. The molecule has 20 heavy (non-hydrogen) atoms. The summed E-state index contributed by atoms with van der Waals surface area (Å²) < 4.78 is 5.31. The second-order valence-corrected chi connectivity index (χ2v) is 6.42. The van der Waals surface area contributed by atoms with Gasteiger partial charge in [-0.3, -0.25) is 0 Å². The largest absolute Gasteiger partial charge is 0.333 e. The van der Waals surface area contributed by atoms with Crippen molar-refractivity contribution in [3.63, 3.8) is 0 Å². The molecule has 0 aromatic carbocycles. The number of aryl methyl sites for hydroxylation is 2. The zero-order chi connectivity index (χ0) is 14.1. The van der Waals surface area contributed by atoms with Gasteiger partial charge in [0.15, 0.2) is 5.82 Å². The zero-order valence-electron chi connectivity index (χ0n) is 11.1. The van der Waals surface area contributed by atoms with E-state index < -0.39 is 0 Å². The molecule has 3 heterocycles. The Labute approximate surface area is 123 Å². The molecule has 0 spiro atoms. The smallest absolute Gasteiger partial charge is 0.269 e. The van der Waals surface area contributed by atoms with Crippen LogP contribution in [-0.4, -0.2) is 20.1 Å². The van der Waals surface area contributed by atoms with Crippen molar-refractivity contribution in [3.05, 3.63) is 32.6 Å². The highest BCUT2D eigenvalue weighted by Crippen LogP contribution is 2.28. The van der Waals surface area contributed by atoms with Crippen molar-refractivity contribution >= 4 is 22.7 Å². The van der Waals surface area contributed by atoms with Gasteiger partial charge in [0.05, 0.1) is 22.8 Å². The lowest BCUT2D eigenvalue weighted by Crippen LogP contribution is -1.94. The van der Waals surface area contributed by atoms with Gasteiger partial charge in [0.2, 0.25) is 0 Å². The minimum Gasteiger partial charge on any atom is -0.333 e. The van der Waals surface area contributed by atoms with Gasteiger partial charge in [-0.2, -0.15) is 4.98 Å². The Morgan fingerprint density at radius 2 is 2.10 bits per heavy atom. The molecule has 0 aliphatic carbocycles. The summed E-state index contributed by atoms with van der Waals surface area (Å²) in [4.78, 5) is 14.0. The predicted octanol–water partition coefficient (Wildman–Crippen LogP) is 2.32. The predicted molar refractivity (Wildman–Crippen MR) is 77.7 cm³/mol. The van der Waals surface area contributed by atoms with Crippen LogP contribution in [0.25, 0.3) is 10.8 Å². The summed E-state index contributed by atoms with van der Waals surface area (Å²) in [6.45, 7) is 4.31. The molecule has 3 aromatic heterocycles. The second kappa shape index (κ2) is 5.39. The number of aromatic nitrogens is 4. The molecule has 3 rings (SSSR count). The van der Waals surface area contributed by atoms with Gasteiger partial charge in [0.25, 0.3) is 5.89 Å². The minimum atomic E-state index is 0.421. The molecule has 8 heteroatoms. The van der Waals surface area contributed by atoms with Gasteiger partial charge >= 0.3 is 0 Å². The summed E-state index contributed by atoms with van der Waals surface area (Å²) in [5.41, 5.74) is 7.43. The Hall–Kier alpha value is -1.64. The Balaban J connectivity index is 1.84. The van der Waals surface area contributed by atoms with Gasteiger partial charge in [-0.25, -0.2) is 9.97 Å². The normalized spacial score (nSPS) is 11.2. The van der Waals surface area contributed by atoms with Crippen molar-refractivity contribution in [1.29, 1.82) is 0 Å². The maximum atomic E-state index is 5.59. The number of nitrogens with two attached hydrogens (primary N) is 1. The number of hydrogen-bond acceptors (Lipinski definition) is 8. The molecule has 6 nitrogen and oxygen atoms in total. The van der Waals surface area contributed by atoms with Gasteiger partial charge < -0.3 is 10.3 Å². The number of hydrogen-bond donors (Lipinski definition) is 1. The lowest BCUT2D eigenvalue weighted by molar-refractivity contribution is 0.424. The van der Waals surface area contributed by atoms with Crippen LogP contribution in [0.15, 0.2) is 9.90 Å². The van der Waals surface area contributed by atoms with Gasteiger partial charge in [-0.05, 0) is 13.8 Å². The van der Waals surface area contributed by atoms with Gasteiger partial charge in [0, 0.05) is 11.9 Å². The van der Waals surface area contributed by atoms with Crippen molar-refractivity contribution in [2.24, 2.45) is 5.73 Å². The summed E-state index contributed by atoms with van der Waals surface area (Å²) >= 11 is 3.11. The fraction of sp³-hybridized carbons (Fsp3) is 0.333. The number of rotatable bonds is 4. The van der Waals surface area contributed by atoms with E-state index in [0.29, 0.717) is 24.7 Å². The minimum absolute atomic E-state index is 0.421. The fourth-order valence-corrected chi connectivity index (χ4v) is 3.29. The topological polar surface area (TPSA) is 90.7 Å². The summed E-state index contributed by atoms with van der Waals surface area (Å²) in [6.07, 6.45) is 0.579. The van der Waals surface area contributed by atoms with E-state index in [2.05, 4.69) is 20.1 Å². The molecule has 0 saturated heterocycles. The molecule has 0 saturated carbocycles. The van der Waals surface area contributed by atoms with E-state index in [1.54, 1.807) is 11.3 Å². The summed E-state index contributed by atoms with van der Waals surface area (Å²) in [5, 5.41) is 7.91. The Morgan fingerprint density at radius 3 is 2.75 bits per heavy atom. The molecule has 0 radical (unpaired) electrons. The van der Waals surface area contributed by atoms with Gasteiger partial charge in [0.1, 0.15) is 9.88 Å². The molecule has 2 N–H and O–H groups in total.